The van der Waals surface area contributed by atoms with Crippen molar-refractivity contribution in [1.29, 1.82) is 0 Å². The van der Waals surface area contributed by atoms with Gasteiger partial charge in [-0.2, -0.15) is 0 Å². The third kappa shape index (κ3) is 3.80. The summed E-state index contributed by atoms with van der Waals surface area (Å²) in [6, 6.07) is 1.03. The van der Waals surface area contributed by atoms with Crippen molar-refractivity contribution in [1.82, 2.24) is 15.4 Å². The maximum Gasteiger partial charge on any atom is 0.374 e. The number of nitrogens with one attached hydrogen (secondary N) is 1. The molecule has 0 fully saturated rings. The van der Waals surface area contributed by atoms with E-state index in [0.717, 1.165) is 6.07 Å². The van der Waals surface area contributed by atoms with Crippen LogP contribution in [0.3, 0.4) is 0 Å². The van der Waals surface area contributed by atoms with Gasteiger partial charge in [-0.05, 0) is 13.8 Å². The van der Waals surface area contributed by atoms with Crippen LogP contribution in [-0.4, -0.2) is 52.6 Å². The summed E-state index contributed by atoms with van der Waals surface area (Å²) in [5.74, 6) is -2.57. The molecule has 2 N–H and O–H groups in total. The van der Waals surface area contributed by atoms with Crippen LogP contribution in [-0.2, 0) is 4.79 Å². The highest BCUT2D eigenvalue weighted by Gasteiger charge is 2.22. The Morgan fingerprint density at radius 3 is 2.58 bits per heavy atom. The van der Waals surface area contributed by atoms with Crippen LogP contribution in [0.1, 0.15) is 34.9 Å². The van der Waals surface area contributed by atoms with Gasteiger partial charge in [0.2, 0.25) is 11.7 Å². The van der Waals surface area contributed by atoms with E-state index in [-0.39, 0.29) is 18.1 Å². The van der Waals surface area contributed by atoms with Gasteiger partial charge in [0.05, 0.1) is 6.54 Å². The molecule has 2 amide bonds. The zero-order chi connectivity index (χ0) is 14.4. The molecule has 0 aliphatic rings. The molecule has 0 spiro atoms. The lowest BCUT2D eigenvalue weighted by Gasteiger charge is -2.18. The van der Waals surface area contributed by atoms with Crippen LogP contribution in [0, 0.1) is 0 Å². The van der Waals surface area contributed by atoms with Gasteiger partial charge in [0, 0.05) is 19.2 Å². The summed E-state index contributed by atoms with van der Waals surface area (Å²) in [6.07, 6.45) is 0. The highest BCUT2D eigenvalue weighted by molar-refractivity contribution is 5.96. The minimum Gasteiger partial charge on any atom is -0.475 e. The molecule has 0 aliphatic carbocycles. The van der Waals surface area contributed by atoms with Crippen LogP contribution in [0.25, 0.3) is 0 Å². The molecule has 1 aromatic rings. The number of likely N-dealkylation sites (N-methyl/N-ethyl adjacent to an activating group) is 2. The number of carboxylic acids is 1. The molecule has 0 saturated carbocycles. The van der Waals surface area contributed by atoms with Crippen molar-refractivity contribution in [3.63, 3.8) is 0 Å². The maximum atomic E-state index is 12.0. The number of aromatic carboxylic acids is 1. The molecule has 8 nitrogen and oxygen atoms in total. The summed E-state index contributed by atoms with van der Waals surface area (Å²) >= 11 is 0. The first kappa shape index (κ1) is 14.7. The van der Waals surface area contributed by atoms with Crippen LogP contribution in [0.4, 0.5) is 0 Å². The minimum atomic E-state index is -1.31. The van der Waals surface area contributed by atoms with Crippen molar-refractivity contribution in [3.8, 4) is 0 Å². The Bertz CT molecular complexity index is 482. The summed E-state index contributed by atoms with van der Waals surface area (Å²) in [5.41, 5.74) is -0.136. The number of aromatic nitrogens is 1. The summed E-state index contributed by atoms with van der Waals surface area (Å²) in [4.78, 5) is 35.3. The van der Waals surface area contributed by atoms with E-state index in [2.05, 4.69) is 15.0 Å². The molecule has 0 aliphatic heterocycles. The van der Waals surface area contributed by atoms with E-state index in [0.29, 0.717) is 13.1 Å². The SMILES string of the molecule is CCNC(=O)CN(CC)C(=O)c1cc(C(=O)O)on1. The number of nitrogens with zero attached hydrogens (tertiary/aromatic N) is 2. The molecule has 1 heterocycles. The third-order valence-corrected chi connectivity index (χ3v) is 2.32. The number of carbonyl (C=O) groups excluding carboxylic acids is 2. The van der Waals surface area contributed by atoms with Gasteiger partial charge in [0.1, 0.15) is 0 Å². The second-order valence-corrected chi connectivity index (χ2v) is 3.65. The smallest absolute Gasteiger partial charge is 0.374 e. The molecule has 0 radical (unpaired) electrons. The quantitative estimate of drug-likeness (QED) is 0.749. The van der Waals surface area contributed by atoms with E-state index >= 15 is 0 Å². The van der Waals surface area contributed by atoms with Gasteiger partial charge in [0.25, 0.3) is 5.91 Å². The van der Waals surface area contributed by atoms with Crippen molar-refractivity contribution >= 4 is 17.8 Å². The lowest BCUT2D eigenvalue weighted by atomic mass is 10.3. The lowest BCUT2D eigenvalue weighted by molar-refractivity contribution is -0.121. The van der Waals surface area contributed by atoms with Gasteiger partial charge in [-0.15, -0.1) is 0 Å². The van der Waals surface area contributed by atoms with Crippen molar-refractivity contribution in [3.05, 3.63) is 17.5 Å². The molecular weight excluding hydrogens is 254 g/mol. The highest BCUT2D eigenvalue weighted by Crippen LogP contribution is 2.07. The van der Waals surface area contributed by atoms with E-state index < -0.39 is 17.6 Å². The first-order valence-corrected chi connectivity index (χ1v) is 5.75. The fourth-order valence-corrected chi connectivity index (χ4v) is 1.39. The number of hydrogen-bond donors (Lipinski definition) is 2. The third-order valence-electron chi connectivity index (χ3n) is 2.32. The van der Waals surface area contributed by atoms with Gasteiger partial charge >= 0.3 is 5.97 Å². The molecule has 0 bridgehead atoms. The average molecular weight is 269 g/mol. The van der Waals surface area contributed by atoms with Crippen molar-refractivity contribution in [2.24, 2.45) is 0 Å². The zero-order valence-electron chi connectivity index (χ0n) is 10.7. The first-order valence-electron chi connectivity index (χ1n) is 5.75. The Morgan fingerprint density at radius 1 is 1.42 bits per heavy atom. The predicted molar refractivity (Wildman–Crippen MR) is 63.7 cm³/mol. The van der Waals surface area contributed by atoms with Gasteiger partial charge in [-0.1, -0.05) is 5.16 Å². The monoisotopic (exact) mass is 269 g/mol. The van der Waals surface area contributed by atoms with E-state index in [1.54, 1.807) is 13.8 Å². The largest absolute Gasteiger partial charge is 0.475 e. The molecule has 1 rings (SSSR count). The molecule has 19 heavy (non-hydrogen) atoms. The molecule has 0 aromatic carbocycles. The minimum absolute atomic E-state index is 0.113. The molecule has 0 saturated heterocycles. The number of hydrogen-bond acceptors (Lipinski definition) is 5. The Balaban J connectivity index is 2.77. The first-order chi connectivity index (χ1) is 8.99. The second-order valence-electron chi connectivity index (χ2n) is 3.65. The number of carbonyl (C=O) groups is 3. The fourth-order valence-electron chi connectivity index (χ4n) is 1.39. The highest BCUT2D eigenvalue weighted by atomic mass is 16.5. The van der Waals surface area contributed by atoms with Crippen LogP contribution < -0.4 is 5.32 Å². The topological polar surface area (TPSA) is 113 Å². The lowest BCUT2D eigenvalue weighted by Crippen LogP contribution is -2.40. The number of rotatable bonds is 6. The van der Waals surface area contributed by atoms with E-state index in [9.17, 15) is 14.4 Å². The molecular formula is C11H15N3O5. The molecule has 8 heteroatoms. The summed E-state index contributed by atoms with van der Waals surface area (Å²) in [5, 5.41) is 14.6. The standard InChI is InChI=1S/C11H15N3O5/c1-3-12-9(15)6-14(4-2)10(16)7-5-8(11(17)18)19-13-7/h5H,3-4,6H2,1-2H3,(H,12,15)(H,17,18). The van der Waals surface area contributed by atoms with Gasteiger partial charge < -0.3 is 19.8 Å². The van der Waals surface area contributed by atoms with Crippen LogP contribution in [0.15, 0.2) is 10.6 Å². The normalized spacial score (nSPS) is 10.0. The maximum absolute atomic E-state index is 12.0. The Labute approximate surface area is 109 Å². The Kier molecular flexibility index (Phi) is 5.04. The molecule has 0 unspecified atom stereocenters. The van der Waals surface area contributed by atoms with E-state index in [4.69, 9.17) is 5.11 Å². The Hall–Kier alpha value is -2.38. The summed E-state index contributed by atoms with van der Waals surface area (Å²) in [6.45, 7) is 4.13. The molecule has 1 aromatic heterocycles. The summed E-state index contributed by atoms with van der Waals surface area (Å²) in [7, 11) is 0. The zero-order valence-corrected chi connectivity index (χ0v) is 10.7. The van der Waals surface area contributed by atoms with Crippen LogP contribution in [0.2, 0.25) is 0 Å². The van der Waals surface area contributed by atoms with E-state index in [1.807, 2.05) is 0 Å². The molecule has 104 valence electrons. The second kappa shape index (κ2) is 6.53. The van der Waals surface area contributed by atoms with Crippen LogP contribution in [0.5, 0.6) is 0 Å². The average Bonchev–Trinajstić information content (AvgIpc) is 2.85. The van der Waals surface area contributed by atoms with E-state index in [1.165, 1.54) is 4.90 Å². The molecule has 0 atom stereocenters. The Morgan fingerprint density at radius 2 is 2.11 bits per heavy atom. The van der Waals surface area contributed by atoms with Crippen LogP contribution >= 0.6 is 0 Å². The van der Waals surface area contributed by atoms with Gasteiger partial charge in [-0.25, -0.2) is 4.79 Å². The van der Waals surface area contributed by atoms with Crippen molar-refractivity contribution < 1.29 is 24.0 Å². The predicted octanol–water partition coefficient (Wildman–Crippen LogP) is -0.0290. The van der Waals surface area contributed by atoms with Gasteiger partial charge in [0.15, 0.2) is 5.69 Å². The summed E-state index contributed by atoms with van der Waals surface area (Å²) < 4.78 is 4.50. The fraction of sp³-hybridized carbons (Fsp3) is 0.455. The number of amides is 2. The van der Waals surface area contributed by atoms with Gasteiger partial charge in [-0.3, -0.25) is 9.59 Å². The number of carboxylic acid groups (broad SMARTS) is 1. The van der Waals surface area contributed by atoms with Crippen molar-refractivity contribution in [2.75, 3.05) is 19.6 Å². The van der Waals surface area contributed by atoms with Crippen molar-refractivity contribution in [2.45, 2.75) is 13.8 Å².